The summed E-state index contributed by atoms with van der Waals surface area (Å²) in [5, 5.41) is 13.3. The van der Waals surface area contributed by atoms with Crippen LogP contribution in [0.1, 0.15) is 18.2 Å². The Kier molecular flexibility index (Phi) is 4.67. The summed E-state index contributed by atoms with van der Waals surface area (Å²) < 4.78 is 8.96. The van der Waals surface area contributed by atoms with Crippen molar-refractivity contribution < 1.29 is 14.4 Å². The van der Waals surface area contributed by atoms with Gasteiger partial charge in [-0.25, -0.2) is 9.67 Å². The van der Waals surface area contributed by atoms with Crippen molar-refractivity contribution in [3.05, 3.63) is 71.7 Å². The van der Waals surface area contributed by atoms with E-state index in [0.29, 0.717) is 18.1 Å². The lowest BCUT2D eigenvalue weighted by molar-refractivity contribution is -0.577. The number of fused-ring (bicyclic) bond motifs is 1. The number of hydrogen-bond donors (Lipinski definition) is 2. The monoisotopic (exact) mass is 376 g/mol. The fraction of sp³-hybridized carbons (Fsp3) is 0.190. The molecule has 7 nitrogen and oxygen atoms in total. The van der Waals surface area contributed by atoms with Gasteiger partial charge in [0.2, 0.25) is 11.4 Å². The fourth-order valence-corrected chi connectivity index (χ4v) is 3.43. The third-order valence-corrected chi connectivity index (χ3v) is 4.82. The van der Waals surface area contributed by atoms with Gasteiger partial charge in [-0.3, -0.25) is 0 Å². The van der Waals surface area contributed by atoms with Gasteiger partial charge in [0.25, 0.3) is 0 Å². The molecule has 28 heavy (non-hydrogen) atoms. The molecule has 0 bridgehead atoms. The van der Waals surface area contributed by atoms with Crippen LogP contribution >= 0.6 is 0 Å². The van der Waals surface area contributed by atoms with Crippen molar-refractivity contribution in [3.63, 3.8) is 0 Å². The minimum Gasteiger partial charge on any atom is -0.497 e. The molecule has 0 atom stereocenters. The Balaban J connectivity index is 1.84. The Morgan fingerprint density at radius 1 is 1.21 bits per heavy atom. The van der Waals surface area contributed by atoms with Crippen LogP contribution in [0.25, 0.3) is 5.70 Å². The van der Waals surface area contributed by atoms with Crippen molar-refractivity contribution in [3.8, 4) is 5.75 Å². The predicted octanol–water partition coefficient (Wildman–Crippen LogP) is 2.17. The number of allylic oxidation sites excluding steroid dienone is 1. The molecule has 3 N–H and O–H groups in total. The van der Waals surface area contributed by atoms with Crippen molar-refractivity contribution in [1.82, 2.24) is 9.78 Å². The maximum atomic E-state index is 9.14. The Hall–Kier alpha value is -3.45. The number of anilines is 1. The molecule has 0 fully saturated rings. The van der Waals surface area contributed by atoms with Gasteiger partial charge in [-0.1, -0.05) is 0 Å². The van der Waals surface area contributed by atoms with E-state index in [1.807, 2.05) is 48.7 Å². The lowest BCUT2D eigenvalue weighted by Crippen LogP contribution is -2.34. The average molecular weight is 376 g/mol. The number of ether oxygens (including phenoxy) is 1. The number of aliphatic imine (C=N–C) groups is 1. The molecule has 0 radical (unpaired) electrons. The molecule has 3 heterocycles. The number of pyridine rings is 1. The van der Waals surface area contributed by atoms with Crippen LogP contribution in [0.2, 0.25) is 0 Å². The SMILES string of the molecule is COc1ccc(C2=C(C)/C(=N\c3cnn(CCO)c3N)c3cccc[n+]32)cc1. The lowest BCUT2D eigenvalue weighted by Gasteiger charge is -2.02. The molecule has 0 saturated carbocycles. The molecule has 0 spiro atoms. The molecule has 1 aliphatic rings. The molecule has 0 aliphatic carbocycles. The number of aliphatic hydroxyl groups is 1. The zero-order chi connectivity index (χ0) is 19.7. The van der Waals surface area contributed by atoms with Gasteiger partial charge in [0, 0.05) is 17.7 Å². The van der Waals surface area contributed by atoms with Crippen molar-refractivity contribution in [2.75, 3.05) is 19.5 Å². The van der Waals surface area contributed by atoms with E-state index in [2.05, 4.69) is 16.6 Å². The van der Waals surface area contributed by atoms with Crippen molar-refractivity contribution >= 4 is 22.9 Å². The second-order valence-corrected chi connectivity index (χ2v) is 6.48. The van der Waals surface area contributed by atoms with Gasteiger partial charge in [0.1, 0.15) is 23.0 Å². The maximum absolute atomic E-state index is 9.14. The summed E-state index contributed by atoms with van der Waals surface area (Å²) in [5.41, 5.74) is 11.8. The van der Waals surface area contributed by atoms with Gasteiger partial charge < -0.3 is 15.6 Å². The maximum Gasteiger partial charge on any atom is 0.237 e. The first-order valence-electron chi connectivity index (χ1n) is 9.02. The van der Waals surface area contributed by atoms with E-state index in [1.165, 1.54) is 0 Å². The van der Waals surface area contributed by atoms with Gasteiger partial charge in [0.15, 0.2) is 6.20 Å². The Bertz CT molecular complexity index is 1080. The zero-order valence-electron chi connectivity index (χ0n) is 15.8. The van der Waals surface area contributed by atoms with Gasteiger partial charge >= 0.3 is 0 Å². The number of aliphatic hydroxyl groups excluding tert-OH is 1. The molecule has 142 valence electrons. The molecular formula is C21H22N5O2+. The quantitative estimate of drug-likeness (QED) is 0.668. The van der Waals surface area contributed by atoms with E-state index in [1.54, 1.807) is 18.0 Å². The number of aromatic nitrogens is 3. The highest BCUT2D eigenvalue weighted by Crippen LogP contribution is 2.30. The van der Waals surface area contributed by atoms with Crippen LogP contribution in [0.15, 0.2) is 65.4 Å². The number of hydrogen-bond acceptors (Lipinski definition) is 5. The molecule has 4 rings (SSSR count). The van der Waals surface area contributed by atoms with E-state index in [-0.39, 0.29) is 6.61 Å². The van der Waals surface area contributed by atoms with Gasteiger partial charge in [-0.05, 0) is 37.3 Å². The molecule has 0 amide bonds. The summed E-state index contributed by atoms with van der Waals surface area (Å²) in [6, 6.07) is 14.0. The number of nitrogens with two attached hydrogens (primary N) is 1. The molecule has 3 aromatic rings. The largest absolute Gasteiger partial charge is 0.497 e. The van der Waals surface area contributed by atoms with Crippen molar-refractivity contribution in [1.29, 1.82) is 0 Å². The number of benzene rings is 1. The van der Waals surface area contributed by atoms with Crippen LogP contribution in [0, 0.1) is 0 Å². The summed E-state index contributed by atoms with van der Waals surface area (Å²) in [6.45, 7) is 2.37. The van der Waals surface area contributed by atoms with Crippen LogP contribution in [0.5, 0.6) is 5.75 Å². The summed E-state index contributed by atoms with van der Waals surface area (Å²) in [4.78, 5) is 4.82. The van der Waals surface area contributed by atoms with Crippen LogP contribution in [0.3, 0.4) is 0 Å². The Labute approximate surface area is 163 Å². The minimum atomic E-state index is -0.0267. The summed E-state index contributed by atoms with van der Waals surface area (Å²) in [6.07, 6.45) is 3.66. The highest BCUT2D eigenvalue weighted by atomic mass is 16.5. The molecule has 0 saturated heterocycles. The number of methoxy groups -OCH3 is 1. The highest BCUT2D eigenvalue weighted by Gasteiger charge is 2.34. The van der Waals surface area contributed by atoms with Crippen LogP contribution in [-0.2, 0) is 6.54 Å². The summed E-state index contributed by atoms with van der Waals surface area (Å²) >= 11 is 0. The van der Waals surface area contributed by atoms with E-state index in [4.69, 9.17) is 20.6 Å². The minimum absolute atomic E-state index is 0.0267. The second kappa shape index (κ2) is 7.28. The first-order valence-corrected chi connectivity index (χ1v) is 9.02. The molecule has 0 unspecified atom stereocenters. The molecule has 2 aromatic heterocycles. The van der Waals surface area contributed by atoms with Crippen LogP contribution in [0.4, 0.5) is 11.5 Å². The molecular weight excluding hydrogens is 354 g/mol. The second-order valence-electron chi connectivity index (χ2n) is 6.48. The smallest absolute Gasteiger partial charge is 0.237 e. The van der Waals surface area contributed by atoms with E-state index >= 15 is 0 Å². The van der Waals surface area contributed by atoms with Crippen molar-refractivity contribution in [2.45, 2.75) is 13.5 Å². The van der Waals surface area contributed by atoms with E-state index in [9.17, 15) is 0 Å². The zero-order valence-corrected chi connectivity index (χ0v) is 15.8. The highest BCUT2D eigenvalue weighted by molar-refractivity contribution is 6.17. The number of nitrogens with zero attached hydrogens (tertiary/aromatic N) is 4. The standard InChI is InChI=1S/C21H21N5O2/c1-14-19(24-17-13-23-26(11-12-27)21(17)22)18-5-3-4-10-25(18)20(14)15-6-8-16(28-2)9-7-15/h3-10,13,22,27H,11-12H2,1-2H3/p+1. The Morgan fingerprint density at radius 2 is 2.00 bits per heavy atom. The number of rotatable bonds is 5. The summed E-state index contributed by atoms with van der Waals surface area (Å²) in [7, 11) is 1.66. The lowest BCUT2D eigenvalue weighted by atomic mass is 10.1. The number of nitrogen functional groups attached to an aromatic ring is 1. The van der Waals surface area contributed by atoms with Gasteiger partial charge in [-0.15, -0.1) is 0 Å². The molecule has 1 aromatic carbocycles. The average Bonchev–Trinajstić information content (AvgIpc) is 3.20. The van der Waals surface area contributed by atoms with Crippen molar-refractivity contribution in [2.24, 2.45) is 4.99 Å². The molecule has 7 heteroatoms. The van der Waals surface area contributed by atoms with E-state index < -0.39 is 0 Å². The first kappa shape index (κ1) is 17.9. The van der Waals surface area contributed by atoms with Crippen LogP contribution < -0.4 is 15.0 Å². The third-order valence-electron chi connectivity index (χ3n) is 4.82. The fourth-order valence-electron chi connectivity index (χ4n) is 3.43. The normalized spacial score (nSPS) is 14.6. The Morgan fingerprint density at radius 3 is 2.71 bits per heavy atom. The molecule has 1 aliphatic heterocycles. The predicted molar refractivity (Wildman–Crippen MR) is 108 cm³/mol. The van der Waals surface area contributed by atoms with Gasteiger partial charge in [0.05, 0.1) is 32.0 Å². The topological polar surface area (TPSA) is 89.5 Å². The van der Waals surface area contributed by atoms with Crippen LogP contribution in [-0.4, -0.2) is 34.3 Å². The third kappa shape index (κ3) is 2.95. The van der Waals surface area contributed by atoms with E-state index in [0.717, 1.165) is 34.0 Å². The van der Waals surface area contributed by atoms with Gasteiger partial charge in [-0.2, -0.15) is 9.67 Å². The summed E-state index contributed by atoms with van der Waals surface area (Å²) in [5.74, 6) is 1.26. The first-order chi connectivity index (χ1) is 13.6.